The number of benzene rings is 1. The smallest absolute Gasteiger partial charge is 0.363 e. The van der Waals surface area contributed by atoms with Gasteiger partial charge in [-0.2, -0.15) is 18.2 Å². The Hall–Kier alpha value is -2.75. The second-order valence-corrected chi connectivity index (χ2v) is 6.79. The van der Waals surface area contributed by atoms with E-state index in [0.717, 1.165) is 6.07 Å². The summed E-state index contributed by atoms with van der Waals surface area (Å²) in [5, 5.41) is 6.69. The van der Waals surface area contributed by atoms with Gasteiger partial charge in [-0.15, -0.1) is 0 Å². The molecule has 148 valence electrons. The number of nitrogens with zero attached hydrogens (tertiary/aromatic N) is 3. The third-order valence-electron chi connectivity index (χ3n) is 4.83. The second kappa shape index (κ2) is 6.69. The Morgan fingerprint density at radius 1 is 1.25 bits per heavy atom. The Kier molecular flexibility index (Phi) is 4.45. The number of ketones is 1. The fraction of sp³-hybridized carbons (Fsp3) is 0.389. The summed E-state index contributed by atoms with van der Waals surface area (Å²) >= 11 is 0. The van der Waals surface area contributed by atoms with E-state index in [1.165, 1.54) is 6.08 Å². The molecule has 0 amide bonds. The first-order valence-electron chi connectivity index (χ1n) is 8.67. The quantitative estimate of drug-likeness (QED) is 0.784. The van der Waals surface area contributed by atoms with E-state index in [9.17, 15) is 22.4 Å². The van der Waals surface area contributed by atoms with Gasteiger partial charge < -0.3 is 9.84 Å². The Bertz CT molecular complexity index is 957. The zero-order valence-corrected chi connectivity index (χ0v) is 14.8. The van der Waals surface area contributed by atoms with E-state index in [1.807, 2.05) is 4.90 Å². The van der Waals surface area contributed by atoms with Crippen molar-refractivity contribution in [3.8, 4) is 0 Å². The van der Waals surface area contributed by atoms with Crippen LogP contribution in [0, 0.1) is 12.7 Å². The number of anilines is 1. The number of carbonyl (C=O) groups excluding carboxylic acids is 1. The zero-order chi connectivity index (χ0) is 20.1. The van der Waals surface area contributed by atoms with Crippen LogP contribution in [0.2, 0.25) is 0 Å². The van der Waals surface area contributed by atoms with Gasteiger partial charge in [0.05, 0.1) is 16.8 Å². The number of nitrogens with one attached hydrogen (secondary N) is 1. The standard InChI is InChI=1S/C18H16F4N4O2/c1-9-23-17(28-25-9)13-7-10-6-11(18(20,21)22)8-14(19)15(10)24-16(13)26-4-2-12(27)3-5-26/h6-8,16,24H,2-5H2,1H3. The number of likely N-dealkylation sites (tertiary alicyclic amines) is 1. The first kappa shape index (κ1) is 18.6. The number of piperidine rings is 1. The lowest BCUT2D eigenvalue weighted by Crippen LogP contribution is -2.47. The van der Waals surface area contributed by atoms with Gasteiger partial charge in [0.15, 0.2) is 5.82 Å². The summed E-state index contributed by atoms with van der Waals surface area (Å²) in [5.74, 6) is -0.368. The van der Waals surface area contributed by atoms with E-state index in [1.54, 1.807) is 6.92 Å². The Balaban J connectivity index is 1.80. The molecule has 2 aromatic rings. The summed E-state index contributed by atoms with van der Waals surface area (Å²) in [7, 11) is 0. The van der Waals surface area contributed by atoms with Crippen LogP contribution >= 0.6 is 0 Å². The highest BCUT2D eigenvalue weighted by Crippen LogP contribution is 2.39. The maximum atomic E-state index is 14.5. The molecule has 1 aromatic carbocycles. The van der Waals surface area contributed by atoms with Gasteiger partial charge in [-0.25, -0.2) is 4.39 Å². The van der Waals surface area contributed by atoms with Crippen LogP contribution in [0.15, 0.2) is 16.7 Å². The average molecular weight is 396 g/mol. The number of hydrogen-bond donors (Lipinski definition) is 1. The normalized spacial score (nSPS) is 20.5. The summed E-state index contributed by atoms with van der Waals surface area (Å²) in [6.45, 7) is 2.48. The molecule has 3 heterocycles. The lowest BCUT2D eigenvalue weighted by atomic mass is 9.97. The van der Waals surface area contributed by atoms with Crippen molar-refractivity contribution >= 4 is 23.1 Å². The molecule has 1 atom stereocenters. The Morgan fingerprint density at radius 3 is 2.57 bits per heavy atom. The topological polar surface area (TPSA) is 71.3 Å². The number of Topliss-reactive ketones (excluding diaryl/α,β-unsaturated/α-hetero) is 1. The highest BCUT2D eigenvalue weighted by Gasteiger charge is 2.36. The van der Waals surface area contributed by atoms with Crippen LogP contribution in [0.5, 0.6) is 0 Å². The summed E-state index contributed by atoms with van der Waals surface area (Å²) in [6.07, 6.45) is -3.16. The van der Waals surface area contributed by atoms with E-state index in [2.05, 4.69) is 15.5 Å². The SMILES string of the molecule is Cc1noc(C2=Cc3cc(C(F)(F)F)cc(F)c3NC2N2CCC(=O)CC2)n1. The maximum Gasteiger partial charge on any atom is 0.416 e. The number of halogens is 4. The van der Waals surface area contributed by atoms with Gasteiger partial charge in [0.2, 0.25) is 0 Å². The van der Waals surface area contributed by atoms with Gasteiger partial charge >= 0.3 is 6.18 Å². The third kappa shape index (κ3) is 3.39. The van der Waals surface area contributed by atoms with Gasteiger partial charge in [0.1, 0.15) is 17.8 Å². The van der Waals surface area contributed by atoms with Crippen LogP contribution < -0.4 is 5.32 Å². The molecule has 2 aliphatic rings. The molecule has 4 rings (SSSR count). The predicted molar refractivity (Wildman–Crippen MR) is 91.5 cm³/mol. The van der Waals surface area contributed by atoms with E-state index in [0.29, 0.717) is 43.4 Å². The Morgan fingerprint density at radius 2 is 1.96 bits per heavy atom. The third-order valence-corrected chi connectivity index (χ3v) is 4.83. The van der Waals surface area contributed by atoms with Crippen molar-refractivity contribution in [2.24, 2.45) is 0 Å². The number of aryl methyl sites for hydroxylation is 1. The highest BCUT2D eigenvalue weighted by atomic mass is 19.4. The van der Waals surface area contributed by atoms with Crippen molar-refractivity contribution in [1.82, 2.24) is 15.0 Å². The molecule has 6 nitrogen and oxygen atoms in total. The van der Waals surface area contributed by atoms with Crippen molar-refractivity contribution in [2.45, 2.75) is 32.1 Å². The van der Waals surface area contributed by atoms with E-state index in [-0.39, 0.29) is 22.9 Å². The number of rotatable bonds is 2. The molecule has 1 aromatic heterocycles. The molecular formula is C18H16F4N4O2. The van der Waals surface area contributed by atoms with Crippen LogP contribution in [0.25, 0.3) is 11.6 Å². The molecule has 2 aliphatic heterocycles. The van der Waals surface area contributed by atoms with Crippen molar-refractivity contribution in [3.63, 3.8) is 0 Å². The number of alkyl halides is 3. The molecule has 1 unspecified atom stereocenters. The van der Waals surface area contributed by atoms with Gasteiger partial charge in [0.25, 0.3) is 5.89 Å². The summed E-state index contributed by atoms with van der Waals surface area (Å²) in [4.78, 5) is 17.6. The fourth-order valence-electron chi connectivity index (χ4n) is 3.43. The second-order valence-electron chi connectivity index (χ2n) is 6.79. The number of aromatic nitrogens is 2. The lowest BCUT2D eigenvalue weighted by molar-refractivity contribution is -0.137. The summed E-state index contributed by atoms with van der Waals surface area (Å²) in [6, 6.07) is 1.35. The van der Waals surface area contributed by atoms with Crippen LogP contribution in [-0.4, -0.2) is 40.1 Å². The molecule has 10 heteroatoms. The van der Waals surface area contributed by atoms with Crippen molar-refractivity contribution in [2.75, 3.05) is 18.4 Å². The zero-order valence-electron chi connectivity index (χ0n) is 14.8. The molecular weight excluding hydrogens is 380 g/mol. The number of fused-ring (bicyclic) bond motifs is 1. The summed E-state index contributed by atoms with van der Waals surface area (Å²) < 4.78 is 58.9. The first-order valence-corrected chi connectivity index (χ1v) is 8.67. The minimum Gasteiger partial charge on any atom is -0.363 e. The average Bonchev–Trinajstić information content (AvgIpc) is 3.07. The van der Waals surface area contributed by atoms with Crippen LogP contribution in [0.1, 0.15) is 35.7 Å². The minimum absolute atomic E-state index is 0.0325. The Labute approximate surface area is 157 Å². The van der Waals surface area contributed by atoms with Gasteiger partial charge in [-0.05, 0) is 25.1 Å². The maximum absolute atomic E-state index is 14.5. The predicted octanol–water partition coefficient (Wildman–Crippen LogP) is 3.49. The summed E-state index contributed by atoms with van der Waals surface area (Å²) in [5.41, 5.74) is -0.636. The molecule has 1 N–H and O–H groups in total. The fourth-order valence-corrected chi connectivity index (χ4v) is 3.43. The number of carbonyl (C=O) groups is 1. The molecule has 1 saturated heterocycles. The van der Waals surface area contributed by atoms with Gasteiger partial charge in [-0.3, -0.25) is 9.69 Å². The van der Waals surface area contributed by atoms with Crippen LogP contribution in [0.4, 0.5) is 23.2 Å². The van der Waals surface area contributed by atoms with Gasteiger partial charge in [-0.1, -0.05) is 5.16 Å². The molecule has 0 spiro atoms. The van der Waals surface area contributed by atoms with Crippen LogP contribution in [0.3, 0.4) is 0 Å². The van der Waals surface area contributed by atoms with Crippen LogP contribution in [-0.2, 0) is 11.0 Å². The molecule has 0 radical (unpaired) electrons. The monoisotopic (exact) mass is 396 g/mol. The highest BCUT2D eigenvalue weighted by molar-refractivity contribution is 5.90. The van der Waals surface area contributed by atoms with E-state index >= 15 is 0 Å². The van der Waals surface area contributed by atoms with E-state index < -0.39 is 23.7 Å². The van der Waals surface area contributed by atoms with Crippen molar-refractivity contribution < 1.29 is 26.9 Å². The minimum atomic E-state index is -4.67. The first-order chi connectivity index (χ1) is 13.2. The van der Waals surface area contributed by atoms with Crippen molar-refractivity contribution in [3.05, 3.63) is 40.8 Å². The van der Waals surface area contributed by atoms with Gasteiger partial charge in [0, 0.05) is 31.5 Å². The molecule has 0 aliphatic carbocycles. The molecule has 1 fully saturated rings. The number of hydrogen-bond acceptors (Lipinski definition) is 6. The lowest BCUT2D eigenvalue weighted by Gasteiger charge is -2.38. The molecule has 28 heavy (non-hydrogen) atoms. The molecule has 0 bridgehead atoms. The van der Waals surface area contributed by atoms with Crippen molar-refractivity contribution in [1.29, 1.82) is 0 Å². The largest absolute Gasteiger partial charge is 0.416 e. The van der Waals surface area contributed by atoms with E-state index in [4.69, 9.17) is 4.52 Å². The molecule has 0 saturated carbocycles.